The van der Waals surface area contributed by atoms with Crippen molar-refractivity contribution in [3.63, 3.8) is 0 Å². The maximum absolute atomic E-state index is 12.3. The number of nitro groups is 1. The van der Waals surface area contributed by atoms with Gasteiger partial charge in [0.15, 0.2) is 6.61 Å². The van der Waals surface area contributed by atoms with E-state index in [0.717, 1.165) is 18.4 Å². The number of hydrogen-bond donors (Lipinski definition) is 1. The first kappa shape index (κ1) is 21.3. The molecule has 0 atom stereocenters. The van der Waals surface area contributed by atoms with Gasteiger partial charge in [0.2, 0.25) is 0 Å². The summed E-state index contributed by atoms with van der Waals surface area (Å²) >= 11 is 0. The quantitative estimate of drug-likeness (QED) is 0.424. The Morgan fingerprint density at radius 1 is 1.17 bits per heavy atom. The molecule has 1 amide bonds. The molecule has 0 aromatic heterocycles. The van der Waals surface area contributed by atoms with E-state index in [4.69, 9.17) is 4.74 Å². The average molecular weight is 411 g/mol. The number of rotatable bonds is 7. The van der Waals surface area contributed by atoms with Crippen molar-refractivity contribution >= 4 is 23.3 Å². The summed E-state index contributed by atoms with van der Waals surface area (Å²) in [4.78, 5) is 37.1. The van der Waals surface area contributed by atoms with Crippen molar-refractivity contribution in [2.45, 2.75) is 26.3 Å². The standard InChI is InChI=1S/C22H25N3O5/c1-16-9-11-24(12-10-16)21(26)15-30-22(27)18-7-8-19(20(13-18)25(28)29)23-14-17-5-3-2-4-6-17/h2-8,13,16,23H,9-12,14-15H2,1H3. The Labute approximate surface area is 175 Å². The first-order valence-corrected chi connectivity index (χ1v) is 9.95. The minimum atomic E-state index is -0.758. The lowest BCUT2D eigenvalue weighted by molar-refractivity contribution is -0.384. The zero-order valence-corrected chi connectivity index (χ0v) is 16.9. The molecule has 0 spiro atoms. The van der Waals surface area contributed by atoms with Gasteiger partial charge >= 0.3 is 5.97 Å². The van der Waals surface area contributed by atoms with E-state index in [2.05, 4.69) is 12.2 Å². The van der Waals surface area contributed by atoms with E-state index in [9.17, 15) is 19.7 Å². The molecule has 30 heavy (non-hydrogen) atoms. The zero-order valence-electron chi connectivity index (χ0n) is 16.9. The number of hydrogen-bond acceptors (Lipinski definition) is 6. The molecule has 1 N–H and O–H groups in total. The Bertz CT molecular complexity index is 908. The predicted molar refractivity (Wildman–Crippen MR) is 112 cm³/mol. The second kappa shape index (κ2) is 9.87. The molecule has 2 aromatic carbocycles. The van der Waals surface area contributed by atoms with Crippen LogP contribution in [0.1, 0.15) is 35.7 Å². The number of piperidine rings is 1. The summed E-state index contributed by atoms with van der Waals surface area (Å²) in [5.74, 6) is -0.413. The number of carbonyl (C=O) groups excluding carboxylic acids is 2. The summed E-state index contributed by atoms with van der Waals surface area (Å²) in [6.45, 7) is 3.51. The van der Waals surface area contributed by atoms with Crippen LogP contribution in [0.25, 0.3) is 0 Å². The van der Waals surface area contributed by atoms with E-state index >= 15 is 0 Å². The predicted octanol–water partition coefficient (Wildman–Crippen LogP) is 3.62. The van der Waals surface area contributed by atoms with Gasteiger partial charge in [-0.25, -0.2) is 4.79 Å². The Morgan fingerprint density at radius 2 is 1.87 bits per heavy atom. The molecular weight excluding hydrogens is 386 g/mol. The van der Waals surface area contributed by atoms with Crippen LogP contribution in [-0.4, -0.2) is 41.4 Å². The molecular formula is C22H25N3O5. The van der Waals surface area contributed by atoms with E-state index in [0.29, 0.717) is 31.2 Å². The monoisotopic (exact) mass is 411 g/mol. The maximum Gasteiger partial charge on any atom is 0.338 e. The lowest BCUT2D eigenvalue weighted by Gasteiger charge is -2.30. The van der Waals surface area contributed by atoms with Crippen LogP contribution in [0.5, 0.6) is 0 Å². The fourth-order valence-electron chi connectivity index (χ4n) is 3.31. The molecule has 3 rings (SSSR count). The lowest BCUT2D eigenvalue weighted by atomic mass is 9.99. The first-order valence-electron chi connectivity index (χ1n) is 9.95. The van der Waals surface area contributed by atoms with E-state index in [-0.39, 0.29) is 23.8 Å². The van der Waals surface area contributed by atoms with Crippen LogP contribution in [0.3, 0.4) is 0 Å². The highest BCUT2D eigenvalue weighted by atomic mass is 16.6. The number of nitrogens with one attached hydrogen (secondary N) is 1. The zero-order chi connectivity index (χ0) is 21.5. The normalized spacial score (nSPS) is 14.2. The fourth-order valence-corrected chi connectivity index (χ4v) is 3.31. The highest BCUT2D eigenvalue weighted by molar-refractivity contribution is 5.93. The number of nitrogens with zero attached hydrogens (tertiary/aromatic N) is 2. The van der Waals surface area contributed by atoms with E-state index in [1.54, 1.807) is 4.90 Å². The molecule has 0 unspecified atom stereocenters. The summed E-state index contributed by atoms with van der Waals surface area (Å²) in [6, 6.07) is 13.6. The molecule has 1 fully saturated rings. The van der Waals surface area contributed by atoms with Gasteiger partial charge in [0.1, 0.15) is 5.69 Å². The molecule has 8 nitrogen and oxygen atoms in total. The largest absolute Gasteiger partial charge is 0.452 e. The Morgan fingerprint density at radius 3 is 2.53 bits per heavy atom. The van der Waals surface area contributed by atoms with Gasteiger partial charge in [-0.15, -0.1) is 0 Å². The number of nitro benzene ring substituents is 1. The van der Waals surface area contributed by atoms with Crippen LogP contribution in [0.15, 0.2) is 48.5 Å². The Balaban J connectivity index is 1.61. The molecule has 0 saturated carbocycles. The Hall–Kier alpha value is -3.42. The molecule has 1 heterocycles. The van der Waals surface area contributed by atoms with Crippen LogP contribution in [0.2, 0.25) is 0 Å². The second-order valence-corrected chi connectivity index (χ2v) is 7.47. The number of anilines is 1. The third kappa shape index (κ3) is 5.56. The second-order valence-electron chi connectivity index (χ2n) is 7.47. The molecule has 1 saturated heterocycles. The van der Waals surface area contributed by atoms with Crippen molar-refractivity contribution in [1.82, 2.24) is 4.90 Å². The van der Waals surface area contributed by atoms with Gasteiger partial charge in [-0.05, 0) is 36.5 Å². The average Bonchev–Trinajstić information content (AvgIpc) is 2.76. The minimum Gasteiger partial charge on any atom is -0.452 e. The lowest BCUT2D eigenvalue weighted by Crippen LogP contribution is -2.40. The summed E-state index contributed by atoms with van der Waals surface area (Å²) < 4.78 is 5.10. The summed E-state index contributed by atoms with van der Waals surface area (Å²) in [5.41, 5.74) is 1.09. The van der Waals surface area contributed by atoms with Crippen LogP contribution in [0, 0.1) is 16.0 Å². The van der Waals surface area contributed by atoms with Crippen LogP contribution < -0.4 is 5.32 Å². The maximum atomic E-state index is 12.3. The van der Waals surface area contributed by atoms with Gasteiger partial charge < -0.3 is 15.0 Å². The van der Waals surface area contributed by atoms with Crippen molar-refractivity contribution in [2.24, 2.45) is 5.92 Å². The summed E-state index contributed by atoms with van der Waals surface area (Å²) in [6.07, 6.45) is 1.87. The van der Waals surface area contributed by atoms with Crippen molar-refractivity contribution in [3.8, 4) is 0 Å². The number of benzene rings is 2. The molecule has 0 bridgehead atoms. The molecule has 8 heteroatoms. The molecule has 0 aliphatic carbocycles. The van der Waals surface area contributed by atoms with Gasteiger partial charge in [-0.1, -0.05) is 37.3 Å². The third-order valence-corrected chi connectivity index (χ3v) is 5.22. The molecule has 2 aromatic rings. The third-order valence-electron chi connectivity index (χ3n) is 5.22. The number of carbonyl (C=O) groups is 2. The number of esters is 1. The smallest absolute Gasteiger partial charge is 0.338 e. The Kier molecular flexibility index (Phi) is 7.00. The molecule has 1 aliphatic heterocycles. The van der Waals surface area contributed by atoms with Crippen molar-refractivity contribution < 1.29 is 19.2 Å². The first-order chi connectivity index (χ1) is 14.4. The van der Waals surface area contributed by atoms with Crippen molar-refractivity contribution in [1.29, 1.82) is 0 Å². The van der Waals surface area contributed by atoms with E-state index in [1.165, 1.54) is 18.2 Å². The van der Waals surface area contributed by atoms with Crippen LogP contribution in [-0.2, 0) is 16.1 Å². The van der Waals surface area contributed by atoms with Gasteiger partial charge in [0, 0.05) is 25.7 Å². The van der Waals surface area contributed by atoms with E-state index < -0.39 is 10.9 Å². The highest BCUT2D eigenvalue weighted by Gasteiger charge is 2.23. The molecule has 0 radical (unpaired) electrons. The van der Waals surface area contributed by atoms with Crippen LogP contribution >= 0.6 is 0 Å². The molecule has 1 aliphatic rings. The topological polar surface area (TPSA) is 102 Å². The van der Waals surface area contributed by atoms with E-state index in [1.807, 2.05) is 30.3 Å². The summed E-state index contributed by atoms with van der Waals surface area (Å²) in [7, 11) is 0. The number of likely N-dealkylation sites (tertiary alicyclic amines) is 1. The highest BCUT2D eigenvalue weighted by Crippen LogP contribution is 2.26. The summed E-state index contributed by atoms with van der Waals surface area (Å²) in [5, 5.41) is 14.5. The van der Waals surface area contributed by atoms with Crippen LogP contribution in [0.4, 0.5) is 11.4 Å². The number of ether oxygens (including phenoxy) is 1. The minimum absolute atomic E-state index is 0.0343. The van der Waals surface area contributed by atoms with Gasteiger partial charge in [0.05, 0.1) is 10.5 Å². The van der Waals surface area contributed by atoms with Crippen molar-refractivity contribution in [3.05, 3.63) is 69.8 Å². The SMILES string of the molecule is CC1CCN(C(=O)COC(=O)c2ccc(NCc3ccccc3)c([N+](=O)[O-])c2)CC1. The number of amides is 1. The van der Waals surface area contributed by atoms with Gasteiger partial charge in [-0.2, -0.15) is 0 Å². The fraction of sp³-hybridized carbons (Fsp3) is 0.364. The molecule has 158 valence electrons. The van der Waals surface area contributed by atoms with Gasteiger partial charge in [0.25, 0.3) is 11.6 Å². The van der Waals surface area contributed by atoms with Crippen molar-refractivity contribution in [2.75, 3.05) is 25.0 Å². The van der Waals surface area contributed by atoms with Gasteiger partial charge in [-0.3, -0.25) is 14.9 Å².